The summed E-state index contributed by atoms with van der Waals surface area (Å²) in [5, 5.41) is 10.3. The second-order valence-corrected chi connectivity index (χ2v) is 6.85. The number of hydrogen-bond acceptors (Lipinski definition) is 5. The first-order valence-corrected chi connectivity index (χ1v) is 8.95. The van der Waals surface area contributed by atoms with Gasteiger partial charge in [0, 0.05) is 19.6 Å². The van der Waals surface area contributed by atoms with Crippen molar-refractivity contribution in [1.29, 1.82) is 0 Å². The van der Waals surface area contributed by atoms with Crippen LogP contribution in [-0.4, -0.2) is 56.1 Å². The van der Waals surface area contributed by atoms with Gasteiger partial charge in [-0.2, -0.15) is 0 Å². The number of benzene rings is 1. The molecule has 1 aliphatic carbocycles. The molecule has 0 bridgehead atoms. The molecular weight excluding hydrogens is 306 g/mol. The zero-order chi connectivity index (χ0) is 16.9. The van der Waals surface area contributed by atoms with E-state index in [0.29, 0.717) is 19.3 Å². The summed E-state index contributed by atoms with van der Waals surface area (Å²) in [4.78, 5) is 2.29. The second-order valence-electron chi connectivity index (χ2n) is 6.85. The Hall–Kier alpha value is -1.30. The van der Waals surface area contributed by atoms with Gasteiger partial charge in [-0.05, 0) is 42.5 Å². The van der Waals surface area contributed by atoms with Crippen molar-refractivity contribution in [3.05, 3.63) is 23.3 Å². The highest BCUT2D eigenvalue weighted by Crippen LogP contribution is 2.33. The van der Waals surface area contributed by atoms with Crippen molar-refractivity contribution in [3.63, 3.8) is 0 Å². The van der Waals surface area contributed by atoms with Crippen molar-refractivity contribution in [1.82, 2.24) is 4.90 Å². The molecule has 3 rings (SSSR count). The Morgan fingerprint density at radius 2 is 1.79 bits per heavy atom. The van der Waals surface area contributed by atoms with Crippen LogP contribution < -0.4 is 9.47 Å². The molecule has 1 unspecified atom stereocenters. The van der Waals surface area contributed by atoms with Crippen LogP contribution in [-0.2, 0) is 17.7 Å². The quantitative estimate of drug-likeness (QED) is 0.829. The molecule has 0 spiro atoms. The summed E-state index contributed by atoms with van der Waals surface area (Å²) in [6.07, 6.45) is 5.71. The summed E-state index contributed by atoms with van der Waals surface area (Å²) < 4.78 is 16.6. The van der Waals surface area contributed by atoms with Crippen molar-refractivity contribution >= 4 is 0 Å². The van der Waals surface area contributed by atoms with Gasteiger partial charge in [0.25, 0.3) is 0 Å². The highest BCUT2D eigenvalue weighted by molar-refractivity contribution is 5.48. The molecule has 1 saturated carbocycles. The maximum absolute atomic E-state index is 10.3. The van der Waals surface area contributed by atoms with Crippen LogP contribution >= 0.6 is 0 Å². The second kappa shape index (κ2) is 8.19. The Labute approximate surface area is 144 Å². The van der Waals surface area contributed by atoms with Gasteiger partial charge in [-0.15, -0.1) is 0 Å². The molecule has 1 atom stereocenters. The molecule has 0 radical (unpaired) electrons. The van der Waals surface area contributed by atoms with Gasteiger partial charge in [-0.3, -0.25) is 4.90 Å². The third-order valence-electron chi connectivity index (χ3n) is 5.09. The fraction of sp³-hybridized carbons (Fsp3) is 0.684. The summed E-state index contributed by atoms with van der Waals surface area (Å²) in [6, 6.07) is 4.13. The fourth-order valence-electron chi connectivity index (χ4n) is 3.75. The van der Waals surface area contributed by atoms with Crippen LogP contribution in [0.4, 0.5) is 0 Å². The number of nitrogens with zero attached hydrogens (tertiary/aromatic N) is 1. The lowest BCUT2D eigenvalue weighted by atomic mass is 9.98. The highest BCUT2D eigenvalue weighted by atomic mass is 16.5. The molecule has 0 amide bonds. The van der Waals surface area contributed by atoms with Crippen LogP contribution in [0.5, 0.6) is 11.5 Å². The number of aliphatic hydroxyl groups is 1. The molecule has 5 nitrogen and oxygen atoms in total. The summed E-state index contributed by atoms with van der Waals surface area (Å²) in [7, 11) is 3.33. The number of β-amino-alcohol motifs (C(OH)–C–C–N with tert-alkyl or cyclic N) is 1. The van der Waals surface area contributed by atoms with Gasteiger partial charge in [0.1, 0.15) is 0 Å². The summed E-state index contributed by atoms with van der Waals surface area (Å²) in [5.74, 6) is 1.55. The van der Waals surface area contributed by atoms with E-state index in [1.807, 2.05) is 0 Å². The van der Waals surface area contributed by atoms with E-state index >= 15 is 0 Å². The predicted molar refractivity (Wildman–Crippen MR) is 92.7 cm³/mol. The van der Waals surface area contributed by atoms with Crippen LogP contribution in [0.2, 0.25) is 0 Å². The van der Waals surface area contributed by atoms with Crippen molar-refractivity contribution in [2.24, 2.45) is 0 Å². The van der Waals surface area contributed by atoms with Crippen LogP contribution in [0, 0.1) is 0 Å². The van der Waals surface area contributed by atoms with Crippen molar-refractivity contribution in [3.8, 4) is 11.5 Å². The van der Waals surface area contributed by atoms with E-state index in [0.717, 1.165) is 43.9 Å². The van der Waals surface area contributed by atoms with E-state index in [1.54, 1.807) is 14.2 Å². The lowest BCUT2D eigenvalue weighted by Gasteiger charge is -2.31. The number of hydrogen-bond donors (Lipinski definition) is 1. The zero-order valence-corrected chi connectivity index (χ0v) is 14.8. The lowest BCUT2D eigenvalue weighted by molar-refractivity contribution is -0.0198. The minimum absolute atomic E-state index is 0.360. The van der Waals surface area contributed by atoms with Gasteiger partial charge in [0.2, 0.25) is 0 Å². The van der Waals surface area contributed by atoms with E-state index in [-0.39, 0.29) is 0 Å². The van der Waals surface area contributed by atoms with Gasteiger partial charge in [0.05, 0.1) is 33.0 Å². The third kappa shape index (κ3) is 4.21. The van der Waals surface area contributed by atoms with Crippen molar-refractivity contribution < 1.29 is 19.3 Å². The van der Waals surface area contributed by atoms with Crippen molar-refractivity contribution in [2.45, 2.75) is 50.9 Å². The Morgan fingerprint density at radius 1 is 1.12 bits per heavy atom. The van der Waals surface area contributed by atoms with E-state index in [9.17, 15) is 5.11 Å². The molecule has 1 heterocycles. The van der Waals surface area contributed by atoms with Gasteiger partial charge >= 0.3 is 0 Å². The number of methoxy groups -OCH3 is 2. The number of fused-ring (bicyclic) bond motifs is 1. The molecule has 0 saturated heterocycles. The Balaban J connectivity index is 1.54. The molecule has 1 aromatic rings. The summed E-state index contributed by atoms with van der Waals surface area (Å²) >= 11 is 0. The van der Waals surface area contributed by atoms with Gasteiger partial charge < -0.3 is 19.3 Å². The van der Waals surface area contributed by atoms with E-state index in [2.05, 4.69) is 17.0 Å². The highest BCUT2D eigenvalue weighted by Gasteiger charge is 2.22. The maximum atomic E-state index is 10.3. The molecule has 1 fully saturated rings. The standard InChI is InChI=1S/C19H29NO4/c1-22-18-9-14-7-8-20(11-15(14)10-19(18)23-2)12-16(21)13-24-17-5-3-4-6-17/h9-10,16-17,21H,3-8,11-13H2,1-2H3. The molecule has 1 aromatic carbocycles. The molecule has 24 heavy (non-hydrogen) atoms. The molecule has 134 valence electrons. The molecule has 2 aliphatic rings. The first-order chi connectivity index (χ1) is 11.7. The predicted octanol–water partition coefficient (Wildman–Crippen LogP) is 2.38. The molecule has 0 aromatic heterocycles. The molecular formula is C19H29NO4. The van der Waals surface area contributed by atoms with E-state index in [1.165, 1.54) is 24.0 Å². The summed E-state index contributed by atoms with van der Waals surface area (Å²) in [5.41, 5.74) is 2.56. The Kier molecular flexibility index (Phi) is 5.98. The minimum Gasteiger partial charge on any atom is -0.493 e. The van der Waals surface area contributed by atoms with Gasteiger partial charge in [-0.25, -0.2) is 0 Å². The number of ether oxygens (including phenoxy) is 3. The van der Waals surface area contributed by atoms with E-state index < -0.39 is 6.10 Å². The minimum atomic E-state index is -0.424. The topological polar surface area (TPSA) is 51.2 Å². The molecule has 5 heteroatoms. The number of rotatable bonds is 7. The van der Waals surface area contributed by atoms with Gasteiger partial charge in [0.15, 0.2) is 11.5 Å². The fourth-order valence-corrected chi connectivity index (χ4v) is 3.75. The summed E-state index contributed by atoms with van der Waals surface area (Å²) in [6.45, 7) is 2.87. The zero-order valence-electron chi connectivity index (χ0n) is 14.8. The number of aliphatic hydroxyl groups excluding tert-OH is 1. The van der Waals surface area contributed by atoms with Crippen LogP contribution in [0.25, 0.3) is 0 Å². The average Bonchev–Trinajstić information content (AvgIpc) is 3.12. The SMILES string of the molecule is COc1cc2c(cc1OC)CN(CC(O)COC1CCCC1)CC2. The largest absolute Gasteiger partial charge is 0.493 e. The van der Waals surface area contributed by atoms with E-state index in [4.69, 9.17) is 14.2 Å². The van der Waals surface area contributed by atoms with Crippen molar-refractivity contribution in [2.75, 3.05) is 33.9 Å². The van der Waals surface area contributed by atoms with Crippen LogP contribution in [0.15, 0.2) is 12.1 Å². The lowest BCUT2D eigenvalue weighted by Crippen LogP contribution is -2.38. The Morgan fingerprint density at radius 3 is 2.46 bits per heavy atom. The Bertz CT molecular complexity index is 542. The third-order valence-corrected chi connectivity index (χ3v) is 5.09. The van der Waals surface area contributed by atoms with Crippen LogP contribution in [0.3, 0.4) is 0 Å². The van der Waals surface area contributed by atoms with Crippen LogP contribution in [0.1, 0.15) is 36.8 Å². The smallest absolute Gasteiger partial charge is 0.161 e. The average molecular weight is 335 g/mol. The van der Waals surface area contributed by atoms with Gasteiger partial charge in [-0.1, -0.05) is 12.8 Å². The monoisotopic (exact) mass is 335 g/mol. The molecule has 1 N–H and O–H groups in total. The first kappa shape index (κ1) is 17.5. The maximum Gasteiger partial charge on any atom is 0.161 e. The molecule has 1 aliphatic heterocycles. The first-order valence-electron chi connectivity index (χ1n) is 8.95. The normalized spacial score (nSPS) is 20.0.